The Morgan fingerprint density at radius 1 is 0.765 bits per heavy atom. The van der Waals surface area contributed by atoms with Crippen LogP contribution in [0, 0.1) is 17.5 Å². The van der Waals surface area contributed by atoms with Gasteiger partial charge >= 0.3 is 0 Å². The third-order valence-electron chi connectivity index (χ3n) is 7.51. The van der Waals surface area contributed by atoms with E-state index in [-0.39, 0.29) is 42.0 Å². The number of benzene rings is 2. The number of rotatable bonds is 8. The van der Waals surface area contributed by atoms with Crippen molar-refractivity contribution in [3.63, 3.8) is 0 Å². The van der Waals surface area contributed by atoms with Crippen molar-refractivity contribution >= 4 is 0 Å². The van der Waals surface area contributed by atoms with Gasteiger partial charge in [0.05, 0.1) is 25.4 Å². The van der Waals surface area contributed by atoms with E-state index in [0.717, 1.165) is 51.4 Å². The Hall–Kier alpha value is -2.05. The molecule has 2 aromatic rings. The van der Waals surface area contributed by atoms with Crippen molar-refractivity contribution in [1.29, 1.82) is 0 Å². The first kappa shape index (κ1) is 25.1. The number of hydrogen-bond acceptors (Lipinski definition) is 3. The van der Waals surface area contributed by atoms with Crippen molar-refractivity contribution in [3.05, 3.63) is 64.5 Å². The molecule has 0 spiro atoms. The lowest BCUT2D eigenvalue weighted by Gasteiger charge is -2.29. The molecular formula is C28H35F3O3. The van der Waals surface area contributed by atoms with Crippen molar-refractivity contribution < 1.29 is 27.4 Å². The Balaban J connectivity index is 1.30. The zero-order valence-electron chi connectivity index (χ0n) is 20.1. The third-order valence-corrected chi connectivity index (χ3v) is 7.51. The van der Waals surface area contributed by atoms with Gasteiger partial charge < -0.3 is 14.2 Å². The van der Waals surface area contributed by atoms with Crippen LogP contribution in [0.4, 0.5) is 13.2 Å². The van der Waals surface area contributed by atoms with Gasteiger partial charge in [-0.2, -0.15) is 0 Å². The summed E-state index contributed by atoms with van der Waals surface area (Å²) in [4.78, 5) is 0. The van der Waals surface area contributed by atoms with E-state index in [1.54, 1.807) is 19.2 Å². The lowest BCUT2D eigenvalue weighted by atomic mass is 9.82. The normalized spacial score (nSPS) is 25.3. The molecule has 0 atom stereocenters. The lowest BCUT2D eigenvalue weighted by molar-refractivity contribution is 0.0116. The second-order valence-electron chi connectivity index (χ2n) is 9.55. The van der Waals surface area contributed by atoms with Crippen molar-refractivity contribution in [2.75, 3.05) is 13.7 Å². The van der Waals surface area contributed by atoms with E-state index >= 15 is 0 Å². The molecule has 3 nitrogen and oxygen atoms in total. The van der Waals surface area contributed by atoms with Crippen molar-refractivity contribution in [3.8, 4) is 5.75 Å². The molecule has 0 N–H and O–H groups in total. The highest BCUT2D eigenvalue weighted by Gasteiger charge is 2.28. The average Bonchev–Trinajstić information content (AvgIpc) is 2.86. The molecule has 186 valence electrons. The fourth-order valence-electron chi connectivity index (χ4n) is 5.48. The van der Waals surface area contributed by atoms with Crippen LogP contribution >= 0.6 is 0 Å². The van der Waals surface area contributed by atoms with E-state index in [9.17, 15) is 13.2 Å². The van der Waals surface area contributed by atoms with Crippen LogP contribution in [0.5, 0.6) is 5.75 Å². The van der Waals surface area contributed by atoms with Crippen molar-refractivity contribution in [2.24, 2.45) is 0 Å². The molecule has 2 aliphatic rings. The van der Waals surface area contributed by atoms with E-state index in [1.807, 2.05) is 19.1 Å². The average molecular weight is 477 g/mol. The predicted molar refractivity (Wildman–Crippen MR) is 126 cm³/mol. The molecule has 0 radical (unpaired) electrons. The van der Waals surface area contributed by atoms with Crippen LogP contribution in [0.25, 0.3) is 0 Å². The van der Waals surface area contributed by atoms with Gasteiger partial charge in [-0.1, -0.05) is 18.2 Å². The van der Waals surface area contributed by atoms with Gasteiger partial charge in [0, 0.05) is 18.7 Å². The molecule has 0 aromatic heterocycles. The van der Waals surface area contributed by atoms with E-state index in [1.165, 1.54) is 6.07 Å². The summed E-state index contributed by atoms with van der Waals surface area (Å²) in [6.45, 7) is 2.42. The molecule has 2 aromatic carbocycles. The summed E-state index contributed by atoms with van der Waals surface area (Å²) < 4.78 is 60.8. The Morgan fingerprint density at radius 2 is 1.38 bits per heavy atom. The molecule has 2 aliphatic carbocycles. The topological polar surface area (TPSA) is 27.7 Å². The molecule has 0 saturated heterocycles. The monoisotopic (exact) mass is 476 g/mol. The molecule has 2 saturated carbocycles. The number of ether oxygens (including phenoxy) is 3. The first-order chi connectivity index (χ1) is 16.5. The Kier molecular flexibility index (Phi) is 8.54. The number of methoxy groups -OCH3 is 1. The molecule has 2 fully saturated rings. The van der Waals surface area contributed by atoms with E-state index in [2.05, 4.69) is 0 Å². The van der Waals surface area contributed by atoms with Gasteiger partial charge in [-0.25, -0.2) is 13.2 Å². The maximum absolute atomic E-state index is 14.8. The molecule has 34 heavy (non-hydrogen) atoms. The SMILES string of the molecule is CCOc1ccc(C2CCC(OCc3ccc(C4CCC(OC)CC4)c(F)c3F)CC2)c(F)c1. The largest absolute Gasteiger partial charge is 0.494 e. The summed E-state index contributed by atoms with van der Waals surface area (Å²) in [5, 5.41) is 0. The standard InChI is InChI=1S/C28H35F3O3/c1-3-33-23-13-15-24(26(29)16-23)18-6-11-22(12-7-18)34-17-20-8-14-25(28(31)27(20)30)19-4-9-21(32-2)10-5-19/h8,13-16,18-19,21-22H,3-7,9-12,17H2,1-2H3. The van der Waals surface area contributed by atoms with Crippen LogP contribution < -0.4 is 4.74 Å². The third kappa shape index (κ3) is 5.77. The Bertz CT molecular complexity index is 948. The summed E-state index contributed by atoms with van der Waals surface area (Å²) in [6, 6.07) is 8.46. The maximum Gasteiger partial charge on any atom is 0.164 e. The molecule has 0 heterocycles. The van der Waals surface area contributed by atoms with E-state index < -0.39 is 11.6 Å². The second-order valence-corrected chi connectivity index (χ2v) is 9.55. The Labute approximate surface area is 200 Å². The molecule has 6 heteroatoms. The molecular weight excluding hydrogens is 441 g/mol. The molecule has 0 unspecified atom stereocenters. The van der Waals surface area contributed by atoms with Crippen molar-refractivity contribution in [2.45, 2.75) is 88.9 Å². The van der Waals surface area contributed by atoms with Crippen molar-refractivity contribution in [1.82, 2.24) is 0 Å². The maximum atomic E-state index is 14.8. The van der Waals surface area contributed by atoms with Crippen LogP contribution in [-0.4, -0.2) is 25.9 Å². The van der Waals surface area contributed by atoms with Gasteiger partial charge in [0.1, 0.15) is 11.6 Å². The first-order valence-corrected chi connectivity index (χ1v) is 12.5. The minimum Gasteiger partial charge on any atom is -0.494 e. The summed E-state index contributed by atoms with van der Waals surface area (Å²) >= 11 is 0. The quantitative estimate of drug-likeness (QED) is 0.397. The fraction of sp³-hybridized carbons (Fsp3) is 0.571. The zero-order chi connectivity index (χ0) is 24.1. The van der Waals surface area contributed by atoms with Gasteiger partial charge in [-0.3, -0.25) is 0 Å². The van der Waals surface area contributed by atoms with Crippen LogP contribution in [0.1, 0.15) is 86.8 Å². The molecule has 0 amide bonds. The molecule has 0 bridgehead atoms. The van der Waals surface area contributed by atoms with Crippen LogP contribution in [0.15, 0.2) is 30.3 Å². The fourth-order valence-corrected chi connectivity index (χ4v) is 5.48. The molecule has 4 rings (SSSR count). The smallest absolute Gasteiger partial charge is 0.164 e. The highest BCUT2D eigenvalue weighted by atomic mass is 19.2. The zero-order valence-corrected chi connectivity index (χ0v) is 20.1. The predicted octanol–water partition coefficient (Wildman–Crippen LogP) is 7.42. The second kappa shape index (κ2) is 11.6. The van der Waals surface area contributed by atoms with E-state index in [0.29, 0.717) is 23.5 Å². The van der Waals surface area contributed by atoms with Crippen LogP contribution in [0.3, 0.4) is 0 Å². The summed E-state index contributed by atoms with van der Waals surface area (Å²) in [7, 11) is 1.70. The summed E-state index contributed by atoms with van der Waals surface area (Å²) in [5.74, 6) is -1.05. The summed E-state index contributed by atoms with van der Waals surface area (Å²) in [5.41, 5.74) is 1.44. The minimum atomic E-state index is -0.795. The van der Waals surface area contributed by atoms with Gasteiger partial charge in [0.25, 0.3) is 0 Å². The summed E-state index contributed by atoms with van der Waals surface area (Å²) in [6.07, 6.45) is 6.68. The van der Waals surface area contributed by atoms with Crippen LogP contribution in [0.2, 0.25) is 0 Å². The number of hydrogen-bond donors (Lipinski definition) is 0. The highest BCUT2D eigenvalue weighted by molar-refractivity contribution is 5.32. The van der Waals surface area contributed by atoms with Gasteiger partial charge in [-0.05, 0) is 87.3 Å². The van der Waals surface area contributed by atoms with Gasteiger partial charge in [0.15, 0.2) is 11.6 Å². The Morgan fingerprint density at radius 3 is 2.00 bits per heavy atom. The lowest BCUT2D eigenvalue weighted by Crippen LogP contribution is -2.22. The van der Waals surface area contributed by atoms with Crippen LogP contribution in [-0.2, 0) is 16.1 Å². The minimum absolute atomic E-state index is 0.0338. The highest BCUT2D eigenvalue weighted by Crippen LogP contribution is 2.38. The van der Waals surface area contributed by atoms with Gasteiger partial charge in [-0.15, -0.1) is 0 Å². The first-order valence-electron chi connectivity index (χ1n) is 12.5. The molecule has 0 aliphatic heterocycles. The van der Waals surface area contributed by atoms with Gasteiger partial charge in [0.2, 0.25) is 0 Å². The number of halogens is 3. The van der Waals surface area contributed by atoms with E-state index in [4.69, 9.17) is 14.2 Å².